The van der Waals surface area contributed by atoms with Crippen LogP contribution in [0.2, 0.25) is 0 Å². The zero-order valence-electron chi connectivity index (χ0n) is 11.2. The third-order valence-corrected chi connectivity index (χ3v) is 2.95. The second kappa shape index (κ2) is 6.10. The maximum Gasteiger partial charge on any atom is 0.154 e. The van der Waals surface area contributed by atoms with Gasteiger partial charge in [0.05, 0.1) is 22.9 Å². The highest BCUT2D eigenvalue weighted by Crippen LogP contribution is 2.20. The molecule has 0 bridgehead atoms. The molecule has 2 heterocycles. The number of nitrogens with zero attached hydrogens (tertiary/aromatic N) is 3. The standard InChI is InChI=1S/C17H12FN3/c18-14(8-5-7-13-6-3-4-11-19-13)17-12-20-15-9-1-2-10-16(15)21-17/h1-4,6,9-12,14H,8H2. The lowest BCUT2D eigenvalue weighted by molar-refractivity contribution is 0.343. The van der Waals surface area contributed by atoms with E-state index in [1.54, 1.807) is 12.3 Å². The summed E-state index contributed by atoms with van der Waals surface area (Å²) in [4.78, 5) is 12.6. The number of hydrogen-bond donors (Lipinski definition) is 0. The fourth-order valence-electron chi connectivity index (χ4n) is 1.89. The van der Waals surface area contributed by atoms with Crippen molar-refractivity contribution in [3.8, 4) is 11.8 Å². The third-order valence-electron chi connectivity index (χ3n) is 2.95. The van der Waals surface area contributed by atoms with Crippen LogP contribution in [0.4, 0.5) is 4.39 Å². The summed E-state index contributed by atoms with van der Waals surface area (Å²) in [7, 11) is 0. The first-order valence-corrected chi connectivity index (χ1v) is 6.58. The Balaban J connectivity index is 1.75. The van der Waals surface area contributed by atoms with Crippen LogP contribution in [0.25, 0.3) is 11.0 Å². The highest BCUT2D eigenvalue weighted by molar-refractivity contribution is 5.73. The maximum atomic E-state index is 14.1. The minimum atomic E-state index is -1.25. The molecule has 0 aliphatic rings. The summed E-state index contributed by atoms with van der Waals surface area (Å²) in [5.74, 6) is 5.63. The Bertz CT molecular complexity index is 806. The fourth-order valence-corrected chi connectivity index (χ4v) is 1.89. The van der Waals surface area contributed by atoms with E-state index < -0.39 is 6.17 Å². The lowest BCUT2D eigenvalue weighted by Gasteiger charge is -2.04. The SMILES string of the molecule is FC(CC#Cc1ccccn1)c1cnc2ccccc2n1. The van der Waals surface area contributed by atoms with Crippen LogP contribution >= 0.6 is 0 Å². The fraction of sp³-hybridized carbons (Fsp3) is 0.118. The van der Waals surface area contributed by atoms with Crippen LogP contribution in [0.15, 0.2) is 54.9 Å². The summed E-state index contributed by atoms with van der Waals surface area (Å²) >= 11 is 0. The number of fused-ring (bicyclic) bond motifs is 1. The van der Waals surface area contributed by atoms with Gasteiger partial charge >= 0.3 is 0 Å². The average Bonchev–Trinajstić information content (AvgIpc) is 2.55. The summed E-state index contributed by atoms with van der Waals surface area (Å²) in [5, 5.41) is 0. The number of benzene rings is 1. The van der Waals surface area contributed by atoms with E-state index in [0.717, 1.165) is 5.52 Å². The highest BCUT2D eigenvalue weighted by atomic mass is 19.1. The smallest absolute Gasteiger partial charge is 0.154 e. The van der Waals surface area contributed by atoms with Crippen LogP contribution < -0.4 is 0 Å². The molecular formula is C17H12FN3. The van der Waals surface area contributed by atoms with Crippen molar-refractivity contribution in [1.29, 1.82) is 0 Å². The van der Waals surface area contributed by atoms with Gasteiger partial charge < -0.3 is 0 Å². The quantitative estimate of drug-likeness (QED) is 0.673. The van der Waals surface area contributed by atoms with Crippen LogP contribution in [0, 0.1) is 11.8 Å². The van der Waals surface area contributed by atoms with Crippen molar-refractivity contribution in [3.05, 3.63) is 66.2 Å². The van der Waals surface area contributed by atoms with Crippen molar-refractivity contribution in [2.45, 2.75) is 12.6 Å². The molecule has 4 heteroatoms. The van der Waals surface area contributed by atoms with Gasteiger partial charge in [0.1, 0.15) is 5.69 Å². The first-order valence-electron chi connectivity index (χ1n) is 6.58. The topological polar surface area (TPSA) is 38.7 Å². The van der Waals surface area contributed by atoms with Crippen LogP contribution in [0.5, 0.6) is 0 Å². The van der Waals surface area contributed by atoms with Gasteiger partial charge in [-0.05, 0) is 30.2 Å². The first-order chi connectivity index (χ1) is 10.3. The number of halogens is 1. The Morgan fingerprint density at radius 1 is 1.00 bits per heavy atom. The van der Waals surface area contributed by atoms with Gasteiger partial charge in [0.25, 0.3) is 0 Å². The minimum Gasteiger partial charge on any atom is -0.253 e. The largest absolute Gasteiger partial charge is 0.253 e. The van der Waals surface area contributed by atoms with Crippen LogP contribution in [0.3, 0.4) is 0 Å². The van der Waals surface area contributed by atoms with Crippen LogP contribution in [-0.2, 0) is 0 Å². The van der Waals surface area contributed by atoms with Gasteiger partial charge in [-0.25, -0.2) is 14.4 Å². The number of alkyl halides is 1. The maximum absolute atomic E-state index is 14.1. The molecule has 0 fully saturated rings. The Hall–Kier alpha value is -2.80. The van der Waals surface area contributed by atoms with E-state index in [4.69, 9.17) is 0 Å². The van der Waals surface area contributed by atoms with Gasteiger partial charge in [-0.2, -0.15) is 0 Å². The second-order valence-corrected chi connectivity index (χ2v) is 4.47. The second-order valence-electron chi connectivity index (χ2n) is 4.47. The first kappa shape index (κ1) is 13.2. The lowest BCUT2D eigenvalue weighted by Crippen LogP contribution is -1.97. The highest BCUT2D eigenvalue weighted by Gasteiger charge is 2.11. The molecule has 102 valence electrons. The van der Waals surface area contributed by atoms with Crippen molar-refractivity contribution < 1.29 is 4.39 Å². The normalized spacial score (nSPS) is 11.7. The Labute approximate surface area is 121 Å². The van der Waals surface area contributed by atoms with E-state index in [-0.39, 0.29) is 6.42 Å². The summed E-state index contributed by atoms with van der Waals surface area (Å²) in [5.41, 5.74) is 2.39. The lowest BCUT2D eigenvalue weighted by atomic mass is 10.2. The van der Waals surface area contributed by atoms with E-state index in [1.807, 2.05) is 36.4 Å². The summed E-state index contributed by atoms with van der Waals surface area (Å²) in [6.07, 6.45) is 1.95. The van der Waals surface area contributed by atoms with E-state index in [1.165, 1.54) is 6.20 Å². The van der Waals surface area contributed by atoms with Gasteiger partial charge in [-0.1, -0.05) is 24.1 Å². The molecule has 3 rings (SSSR count). The van der Waals surface area contributed by atoms with Gasteiger partial charge in [-0.15, -0.1) is 0 Å². The molecule has 3 nitrogen and oxygen atoms in total. The predicted molar refractivity (Wildman–Crippen MR) is 79.1 cm³/mol. The van der Waals surface area contributed by atoms with Crippen LogP contribution in [0.1, 0.15) is 24.0 Å². The summed E-state index contributed by atoms with van der Waals surface area (Å²) in [6, 6.07) is 12.8. The number of hydrogen-bond acceptors (Lipinski definition) is 3. The van der Waals surface area contributed by atoms with Gasteiger partial charge in [0.2, 0.25) is 0 Å². The monoisotopic (exact) mass is 277 g/mol. The third kappa shape index (κ3) is 3.21. The molecule has 3 aromatic rings. The molecule has 1 atom stereocenters. The number of para-hydroxylation sites is 2. The van der Waals surface area contributed by atoms with E-state index in [9.17, 15) is 4.39 Å². The molecule has 0 aliphatic carbocycles. The van der Waals surface area contributed by atoms with E-state index in [0.29, 0.717) is 16.9 Å². The number of pyridine rings is 1. The van der Waals surface area contributed by atoms with E-state index >= 15 is 0 Å². The molecule has 2 aromatic heterocycles. The zero-order valence-corrected chi connectivity index (χ0v) is 11.2. The molecule has 0 N–H and O–H groups in total. The summed E-state index contributed by atoms with van der Waals surface area (Å²) < 4.78 is 14.1. The minimum absolute atomic E-state index is 0.0730. The van der Waals surface area contributed by atoms with Crippen molar-refractivity contribution in [1.82, 2.24) is 15.0 Å². The Morgan fingerprint density at radius 3 is 2.62 bits per heavy atom. The number of rotatable bonds is 2. The van der Waals surface area contributed by atoms with Gasteiger partial charge in [-0.3, -0.25) is 4.98 Å². The molecule has 0 aliphatic heterocycles. The molecular weight excluding hydrogens is 265 g/mol. The van der Waals surface area contributed by atoms with Crippen molar-refractivity contribution >= 4 is 11.0 Å². The van der Waals surface area contributed by atoms with Crippen molar-refractivity contribution in [3.63, 3.8) is 0 Å². The summed E-state index contributed by atoms with van der Waals surface area (Å²) in [6.45, 7) is 0. The van der Waals surface area contributed by atoms with Gasteiger partial charge in [0, 0.05) is 12.6 Å². The predicted octanol–water partition coefficient (Wildman–Crippen LogP) is 3.48. The molecule has 1 unspecified atom stereocenters. The average molecular weight is 277 g/mol. The Morgan fingerprint density at radius 2 is 1.81 bits per heavy atom. The zero-order chi connectivity index (χ0) is 14.5. The molecule has 1 aromatic carbocycles. The van der Waals surface area contributed by atoms with Crippen molar-refractivity contribution in [2.75, 3.05) is 0 Å². The van der Waals surface area contributed by atoms with Gasteiger partial charge in [0.15, 0.2) is 6.17 Å². The van der Waals surface area contributed by atoms with Crippen molar-refractivity contribution in [2.24, 2.45) is 0 Å². The number of aromatic nitrogens is 3. The van der Waals surface area contributed by atoms with Crippen LogP contribution in [-0.4, -0.2) is 15.0 Å². The molecule has 21 heavy (non-hydrogen) atoms. The molecule has 0 amide bonds. The molecule has 0 saturated heterocycles. The molecule has 0 saturated carbocycles. The molecule has 0 radical (unpaired) electrons. The Kier molecular flexibility index (Phi) is 3.83. The van der Waals surface area contributed by atoms with E-state index in [2.05, 4.69) is 26.8 Å². The molecule has 0 spiro atoms.